The van der Waals surface area contributed by atoms with Gasteiger partial charge < -0.3 is 19.9 Å². The molecule has 0 atom stereocenters. The van der Waals surface area contributed by atoms with Gasteiger partial charge in [0, 0.05) is 55.6 Å². The van der Waals surface area contributed by atoms with Crippen LogP contribution in [0.4, 0.5) is 4.39 Å². The van der Waals surface area contributed by atoms with E-state index in [1.54, 1.807) is 23.0 Å². The lowest BCUT2D eigenvalue weighted by Gasteiger charge is -2.26. The molecule has 1 saturated heterocycles. The minimum absolute atomic E-state index is 0.0113. The van der Waals surface area contributed by atoms with Gasteiger partial charge in [-0.05, 0) is 37.0 Å². The lowest BCUT2D eigenvalue weighted by Crippen LogP contribution is -2.37. The summed E-state index contributed by atoms with van der Waals surface area (Å²) in [5.41, 5.74) is 0.168. The number of thiazole rings is 1. The Morgan fingerprint density at radius 2 is 1.97 bits per heavy atom. The lowest BCUT2D eigenvalue weighted by atomic mass is 10.0. The number of aromatic nitrogens is 4. The van der Waals surface area contributed by atoms with Crippen LogP contribution in [0.2, 0.25) is 0 Å². The van der Waals surface area contributed by atoms with E-state index in [1.807, 2.05) is 4.90 Å². The zero-order valence-corrected chi connectivity index (χ0v) is 20.9. The molecule has 2 N–H and O–H groups in total. The number of likely N-dealkylation sites (tertiary alicyclic amines) is 1. The van der Waals surface area contributed by atoms with Gasteiger partial charge >= 0.3 is 5.56 Å². The highest BCUT2D eigenvalue weighted by Crippen LogP contribution is 2.30. The fourth-order valence-corrected chi connectivity index (χ4v) is 5.39. The standard InChI is InChI=1S/C25H25FN6O4S/c1-27-22(35)18-12-16(26)6-5-15(18)11-17-13-28-23(37-17)20-21(34)24(36)32-10-9-31(25(32)29-20)14-19(33)30-7-3-2-4-8-30/h5-6,9-10,12-13,34H,2-4,7-8,11,14H2,1H3,(H,27,35). The number of benzene rings is 1. The number of hydrogen-bond donors (Lipinski definition) is 2. The number of rotatable bonds is 6. The molecule has 0 bridgehead atoms. The Balaban J connectivity index is 1.45. The van der Waals surface area contributed by atoms with Crippen molar-refractivity contribution in [3.05, 3.63) is 69.0 Å². The second kappa shape index (κ2) is 10.1. The summed E-state index contributed by atoms with van der Waals surface area (Å²) in [6, 6.07) is 4.00. The molecule has 0 saturated carbocycles. The van der Waals surface area contributed by atoms with Crippen molar-refractivity contribution in [3.63, 3.8) is 0 Å². The Kier molecular flexibility index (Phi) is 6.74. The van der Waals surface area contributed by atoms with Gasteiger partial charge in [0.2, 0.25) is 17.4 Å². The summed E-state index contributed by atoms with van der Waals surface area (Å²) in [5, 5.41) is 13.4. The van der Waals surface area contributed by atoms with Crippen molar-refractivity contribution in [3.8, 4) is 16.5 Å². The van der Waals surface area contributed by atoms with Crippen LogP contribution in [0.1, 0.15) is 40.1 Å². The lowest BCUT2D eigenvalue weighted by molar-refractivity contribution is -0.132. The fourth-order valence-electron chi connectivity index (χ4n) is 4.46. The van der Waals surface area contributed by atoms with E-state index in [0.29, 0.717) is 17.0 Å². The highest BCUT2D eigenvalue weighted by molar-refractivity contribution is 7.15. The maximum atomic E-state index is 13.7. The third-order valence-electron chi connectivity index (χ3n) is 6.40. The van der Waals surface area contributed by atoms with Crippen molar-refractivity contribution in [2.45, 2.75) is 32.2 Å². The van der Waals surface area contributed by atoms with Crippen LogP contribution in [0.15, 0.2) is 41.6 Å². The van der Waals surface area contributed by atoms with Crippen LogP contribution in [0.3, 0.4) is 0 Å². The quantitative estimate of drug-likeness (QED) is 0.400. The van der Waals surface area contributed by atoms with Gasteiger partial charge in [-0.1, -0.05) is 6.07 Å². The van der Waals surface area contributed by atoms with Crippen molar-refractivity contribution in [1.29, 1.82) is 0 Å². The van der Waals surface area contributed by atoms with Crippen LogP contribution in [0.5, 0.6) is 5.75 Å². The molecular formula is C25H25FN6O4S. The average Bonchev–Trinajstić information content (AvgIpc) is 3.54. The first-order valence-corrected chi connectivity index (χ1v) is 12.7. The Morgan fingerprint density at radius 3 is 2.73 bits per heavy atom. The number of aromatic hydroxyl groups is 1. The van der Waals surface area contributed by atoms with Crippen molar-refractivity contribution < 1.29 is 19.1 Å². The fraction of sp³-hybridized carbons (Fsp3) is 0.320. The Labute approximate surface area is 215 Å². The molecule has 0 spiro atoms. The Bertz CT molecular complexity index is 1550. The van der Waals surface area contributed by atoms with Gasteiger partial charge in [0.25, 0.3) is 5.91 Å². The van der Waals surface area contributed by atoms with Gasteiger partial charge in [0.05, 0.1) is 0 Å². The average molecular weight is 525 g/mol. The normalized spacial score (nSPS) is 13.7. The topological polar surface area (TPSA) is 122 Å². The molecule has 37 heavy (non-hydrogen) atoms. The van der Waals surface area contributed by atoms with E-state index in [1.165, 1.54) is 41.1 Å². The first-order chi connectivity index (χ1) is 17.9. The predicted octanol–water partition coefficient (Wildman–Crippen LogP) is 2.43. The first kappa shape index (κ1) is 24.6. The van der Waals surface area contributed by atoms with Crippen LogP contribution in [-0.2, 0) is 17.8 Å². The van der Waals surface area contributed by atoms with E-state index < -0.39 is 23.0 Å². The number of amides is 2. The molecule has 1 aliphatic heterocycles. The molecule has 3 aromatic heterocycles. The Hall–Kier alpha value is -4.06. The summed E-state index contributed by atoms with van der Waals surface area (Å²) in [4.78, 5) is 49.2. The number of fused-ring (bicyclic) bond motifs is 1. The zero-order chi connectivity index (χ0) is 26.1. The highest BCUT2D eigenvalue weighted by atomic mass is 32.1. The monoisotopic (exact) mass is 524 g/mol. The smallest absolute Gasteiger partial charge is 0.302 e. The molecule has 4 heterocycles. The second-order valence-corrected chi connectivity index (χ2v) is 9.96. The van der Waals surface area contributed by atoms with E-state index in [0.717, 1.165) is 37.2 Å². The molecule has 0 aliphatic carbocycles. The van der Waals surface area contributed by atoms with E-state index in [4.69, 9.17) is 0 Å². The summed E-state index contributed by atoms with van der Waals surface area (Å²) in [7, 11) is 1.47. The molecule has 5 rings (SSSR count). The molecule has 1 fully saturated rings. The molecule has 0 unspecified atom stereocenters. The molecule has 1 aromatic carbocycles. The number of halogens is 1. The van der Waals surface area contributed by atoms with Crippen LogP contribution < -0.4 is 10.9 Å². The summed E-state index contributed by atoms with van der Waals surface area (Å²) in [6.45, 7) is 1.47. The van der Waals surface area contributed by atoms with Gasteiger partial charge in [-0.2, -0.15) is 0 Å². The molecular weight excluding hydrogens is 499 g/mol. The molecule has 4 aromatic rings. The van der Waals surface area contributed by atoms with Crippen molar-refractivity contribution >= 4 is 28.9 Å². The number of carbonyl (C=O) groups is 2. The van der Waals surface area contributed by atoms with Crippen LogP contribution in [0, 0.1) is 5.82 Å². The van der Waals surface area contributed by atoms with E-state index in [-0.39, 0.29) is 29.5 Å². The van der Waals surface area contributed by atoms with Gasteiger partial charge in [-0.25, -0.2) is 18.8 Å². The summed E-state index contributed by atoms with van der Waals surface area (Å²) in [5.74, 6) is -1.30. The zero-order valence-electron chi connectivity index (χ0n) is 20.1. The number of nitrogens with zero attached hydrogens (tertiary/aromatic N) is 5. The van der Waals surface area contributed by atoms with Crippen molar-refractivity contribution in [2.75, 3.05) is 20.1 Å². The maximum absolute atomic E-state index is 13.7. The van der Waals surface area contributed by atoms with Gasteiger partial charge in [-0.15, -0.1) is 11.3 Å². The third-order valence-corrected chi connectivity index (χ3v) is 7.41. The van der Waals surface area contributed by atoms with Gasteiger partial charge in [0.1, 0.15) is 17.4 Å². The SMILES string of the molecule is CNC(=O)c1cc(F)ccc1Cc1cnc(-c2nc3n(CC(=O)N4CCCCC4)ccn3c(=O)c2O)s1. The summed E-state index contributed by atoms with van der Waals surface area (Å²) < 4.78 is 16.5. The molecule has 10 nitrogen and oxygen atoms in total. The van der Waals surface area contributed by atoms with Crippen LogP contribution >= 0.6 is 11.3 Å². The second-order valence-electron chi connectivity index (χ2n) is 8.84. The van der Waals surface area contributed by atoms with E-state index in [2.05, 4.69) is 15.3 Å². The largest absolute Gasteiger partial charge is 0.501 e. The number of imidazole rings is 1. The highest BCUT2D eigenvalue weighted by Gasteiger charge is 2.22. The van der Waals surface area contributed by atoms with Crippen LogP contribution in [0.25, 0.3) is 16.5 Å². The minimum Gasteiger partial charge on any atom is -0.501 e. The number of hydrogen-bond acceptors (Lipinski definition) is 7. The van der Waals surface area contributed by atoms with Crippen molar-refractivity contribution in [2.24, 2.45) is 0 Å². The third kappa shape index (κ3) is 4.84. The Morgan fingerprint density at radius 1 is 1.19 bits per heavy atom. The van der Waals surface area contributed by atoms with E-state index in [9.17, 15) is 23.9 Å². The number of nitrogens with one attached hydrogen (secondary N) is 1. The van der Waals surface area contributed by atoms with Crippen LogP contribution in [-0.4, -0.2) is 60.9 Å². The van der Waals surface area contributed by atoms with Gasteiger partial charge in [-0.3, -0.25) is 14.4 Å². The maximum Gasteiger partial charge on any atom is 0.302 e. The number of carbonyl (C=O) groups excluding carboxylic acids is 2. The van der Waals surface area contributed by atoms with E-state index >= 15 is 0 Å². The molecule has 192 valence electrons. The minimum atomic E-state index is -0.665. The summed E-state index contributed by atoms with van der Waals surface area (Å²) in [6.07, 6.45) is 7.99. The van der Waals surface area contributed by atoms with Crippen molar-refractivity contribution in [1.82, 2.24) is 29.2 Å². The van der Waals surface area contributed by atoms with Gasteiger partial charge in [0.15, 0.2) is 5.69 Å². The molecule has 1 aliphatic rings. The molecule has 2 amide bonds. The predicted molar refractivity (Wildman–Crippen MR) is 135 cm³/mol. The first-order valence-electron chi connectivity index (χ1n) is 11.9. The summed E-state index contributed by atoms with van der Waals surface area (Å²) >= 11 is 1.20. The molecule has 0 radical (unpaired) electrons. The molecule has 12 heteroatoms. The number of piperidine rings is 1.